The van der Waals surface area contributed by atoms with Gasteiger partial charge in [-0.25, -0.2) is 18.1 Å². The second-order valence-electron chi connectivity index (χ2n) is 7.19. The summed E-state index contributed by atoms with van der Waals surface area (Å²) in [5, 5.41) is 11.9. The van der Waals surface area contributed by atoms with Crippen molar-refractivity contribution in [2.24, 2.45) is 0 Å². The van der Waals surface area contributed by atoms with Crippen molar-refractivity contribution in [2.75, 3.05) is 26.8 Å². The minimum Gasteiger partial charge on any atom is -0.467 e. The smallest absolute Gasteiger partial charge is 0.267 e. The first-order valence-corrected chi connectivity index (χ1v) is 11.7. The Labute approximate surface area is 180 Å². The molecule has 1 saturated heterocycles. The summed E-state index contributed by atoms with van der Waals surface area (Å²) < 4.78 is 41.6. The molecule has 0 saturated carbocycles. The van der Waals surface area contributed by atoms with Crippen molar-refractivity contribution in [3.8, 4) is 28.1 Å². The van der Waals surface area contributed by atoms with Gasteiger partial charge in [-0.15, -0.1) is 10.2 Å². The van der Waals surface area contributed by atoms with Crippen LogP contribution in [0.4, 0.5) is 0 Å². The first-order valence-electron chi connectivity index (χ1n) is 9.78. The quantitative estimate of drug-likeness (QED) is 0.505. The van der Waals surface area contributed by atoms with E-state index < -0.39 is 9.84 Å². The fourth-order valence-electron chi connectivity index (χ4n) is 3.29. The van der Waals surface area contributed by atoms with E-state index in [0.717, 1.165) is 43.3 Å². The Morgan fingerprint density at radius 3 is 2.74 bits per heavy atom. The summed E-state index contributed by atoms with van der Waals surface area (Å²) in [7, 11) is -2.00. The molecular formula is C20H23N5O5S. The molecule has 1 atom stereocenters. The van der Waals surface area contributed by atoms with E-state index in [1.165, 1.54) is 13.3 Å². The van der Waals surface area contributed by atoms with E-state index in [1.54, 1.807) is 6.20 Å². The lowest BCUT2D eigenvalue weighted by Crippen LogP contribution is -2.18. The third kappa shape index (κ3) is 4.89. The van der Waals surface area contributed by atoms with E-state index in [-0.39, 0.29) is 18.2 Å². The molecule has 4 rings (SSSR count). The lowest BCUT2D eigenvalue weighted by molar-refractivity contribution is -0.0394. The van der Waals surface area contributed by atoms with E-state index in [0.29, 0.717) is 17.0 Å². The van der Waals surface area contributed by atoms with Crippen LogP contribution in [0.3, 0.4) is 0 Å². The molecule has 31 heavy (non-hydrogen) atoms. The van der Waals surface area contributed by atoms with Crippen molar-refractivity contribution < 1.29 is 22.6 Å². The van der Waals surface area contributed by atoms with Gasteiger partial charge in [-0.05, 0) is 37.0 Å². The molecule has 0 aliphatic carbocycles. The van der Waals surface area contributed by atoms with Gasteiger partial charge in [-0.3, -0.25) is 0 Å². The second-order valence-corrected chi connectivity index (χ2v) is 9.10. The van der Waals surface area contributed by atoms with Crippen molar-refractivity contribution in [3.63, 3.8) is 0 Å². The van der Waals surface area contributed by atoms with Crippen molar-refractivity contribution in [1.82, 2.24) is 25.0 Å². The Kier molecular flexibility index (Phi) is 6.25. The number of ether oxygens (including phenoxy) is 3. The molecule has 1 aromatic carbocycles. The van der Waals surface area contributed by atoms with Gasteiger partial charge >= 0.3 is 0 Å². The third-order valence-electron chi connectivity index (χ3n) is 4.85. The molecular weight excluding hydrogens is 422 g/mol. The van der Waals surface area contributed by atoms with E-state index in [1.807, 2.05) is 29.1 Å². The van der Waals surface area contributed by atoms with Crippen LogP contribution < -0.4 is 4.74 Å². The average molecular weight is 446 g/mol. The van der Waals surface area contributed by atoms with E-state index in [2.05, 4.69) is 20.3 Å². The number of sulfone groups is 1. The lowest BCUT2D eigenvalue weighted by Gasteiger charge is -2.22. The number of aromatic nitrogens is 5. The Morgan fingerprint density at radius 2 is 2.06 bits per heavy atom. The molecule has 0 N–H and O–H groups in total. The topological polar surface area (TPSA) is 118 Å². The monoisotopic (exact) mass is 445 g/mol. The van der Waals surface area contributed by atoms with Crippen LogP contribution in [0.5, 0.6) is 5.75 Å². The summed E-state index contributed by atoms with van der Waals surface area (Å²) in [6, 6.07) is 5.58. The number of methoxy groups -OCH3 is 1. The minimum atomic E-state index is -3.53. The molecule has 0 spiro atoms. The van der Waals surface area contributed by atoms with Crippen LogP contribution in [0.2, 0.25) is 0 Å². The molecule has 1 fully saturated rings. The zero-order valence-corrected chi connectivity index (χ0v) is 18.1. The average Bonchev–Trinajstić information content (AvgIpc) is 3.28. The highest BCUT2D eigenvalue weighted by atomic mass is 32.2. The lowest BCUT2D eigenvalue weighted by atomic mass is 10.0. The molecule has 2 aromatic heterocycles. The predicted octanol–water partition coefficient (Wildman–Crippen LogP) is 2.49. The zero-order chi connectivity index (χ0) is 21.8. The number of hydrogen-bond acceptors (Lipinski definition) is 9. The normalized spacial score (nSPS) is 16.9. The van der Waals surface area contributed by atoms with E-state index >= 15 is 0 Å². The van der Waals surface area contributed by atoms with Gasteiger partial charge in [-0.2, -0.15) is 5.10 Å². The fraction of sp³-hybridized carbons (Fsp3) is 0.400. The van der Waals surface area contributed by atoms with Gasteiger partial charge in [-0.1, -0.05) is 6.07 Å². The summed E-state index contributed by atoms with van der Waals surface area (Å²) in [5.41, 5.74) is 2.81. The Hall–Kier alpha value is -2.89. The molecule has 10 nitrogen and oxygen atoms in total. The first-order chi connectivity index (χ1) is 15.0. The van der Waals surface area contributed by atoms with E-state index in [9.17, 15) is 8.42 Å². The number of nitrogens with zero attached hydrogens (tertiary/aromatic N) is 5. The van der Waals surface area contributed by atoms with Crippen LogP contribution >= 0.6 is 0 Å². The summed E-state index contributed by atoms with van der Waals surface area (Å²) in [6.07, 6.45) is 9.23. The Morgan fingerprint density at radius 1 is 1.19 bits per heavy atom. The van der Waals surface area contributed by atoms with Crippen molar-refractivity contribution in [2.45, 2.75) is 30.6 Å². The zero-order valence-electron chi connectivity index (χ0n) is 17.3. The van der Waals surface area contributed by atoms with Crippen molar-refractivity contribution in [1.29, 1.82) is 0 Å². The predicted molar refractivity (Wildman–Crippen MR) is 111 cm³/mol. The van der Waals surface area contributed by atoms with Gasteiger partial charge in [0.05, 0.1) is 12.4 Å². The SMILES string of the molecule is COCOc1cc(-c2cnn(C3CCCCO3)c2)ccc1-c1cnc(S(C)(=O)=O)nn1. The standard InChI is InChI=1S/C20H23N5O5S/c1-28-13-30-18-9-14(15-10-22-25(12-15)19-5-3-4-8-29-19)6-7-16(18)17-11-21-20(24-23-17)31(2,26)27/h6-7,9-12,19H,3-5,8,13H2,1-2H3. The molecule has 3 heterocycles. The van der Waals surface area contributed by atoms with Gasteiger partial charge in [0.2, 0.25) is 9.84 Å². The molecule has 1 aliphatic heterocycles. The Bertz CT molecular complexity index is 1140. The summed E-state index contributed by atoms with van der Waals surface area (Å²) in [6.45, 7) is 0.782. The molecule has 164 valence electrons. The Balaban J connectivity index is 1.65. The highest BCUT2D eigenvalue weighted by molar-refractivity contribution is 7.90. The number of rotatable bonds is 7. The van der Waals surface area contributed by atoms with Crippen LogP contribution in [0.15, 0.2) is 41.9 Å². The summed E-state index contributed by atoms with van der Waals surface area (Å²) >= 11 is 0. The van der Waals surface area contributed by atoms with Crippen LogP contribution in [0.1, 0.15) is 25.5 Å². The second kappa shape index (κ2) is 9.08. The maximum absolute atomic E-state index is 11.6. The molecule has 0 bridgehead atoms. The highest BCUT2D eigenvalue weighted by Gasteiger charge is 2.18. The maximum Gasteiger partial charge on any atom is 0.267 e. The first kappa shape index (κ1) is 21.3. The van der Waals surface area contributed by atoms with Crippen molar-refractivity contribution in [3.05, 3.63) is 36.8 Å². The molecule has 3 aromatic rings. The van der Waals surface area contributed by atoms with Gasteiger partial charge in [0, 0.05) is 37.3 Å². The molecule has 11 heteroatoms. The van der Waals surface area contributed by atoms with Gasteiger partial charge < -0.3 is 14.2 Å². The van der Waals surface area contributed by atoms with Crippen LogP contribution in [0, 0.1) is 0 Å². The molecule has 0 radical (unpaired) electrons. The minimum absolute atomic E-state index is 0.0356. The number of benzene rings is 1. The van der Waals surface area contributed by atoms with Crippen LogP contribution in [-0.2, 0) is 19.3 Å². The highest BCUT2D eigenvalue weighted by Crippen LogP contribution is 2.34. The van der Waals surface area contributed by atoms with Gasteiger partial charge in [0.1, 0.15) is 17.7 Å². The van der Waals surface area contributed by atoms with Crippen LogP contribution in [0.25, 0.3) is 22.4 Å². The van der Waals surface area contributed by atoms with Crippen LogP contribution in [-0.4, -0.2) is 60.1 Å². The van der Waals surface area contributed by atoms with Gasteiger partial charge in [0.15, 0.2) is 6.79 Å². The summed E-state index contributed by atoms with van der Waals surface area (Å²) in [4.78, 5) is 3.91. The summed E-state index contributed by atoms with van der Waals surface area (Å²) in [5.74, 6) is 0.504. The fourth-order valence-corrected chi connectivity index (χ4v) is 3.72. The van der Waals surface area contributed by atoms with Crippen molar-refractivity contribution >= 4 is 9.84 Å². The molecule has 1 unspecified atom stereocenters. The largest absolute Gasteiger partial charge is 0.467 e. The molecule has 1 aliphatic rings. The third-order valence-corrected chi connectivity index (χ3v) is 5.70. The van der Waals surface area contributed by atoms with Gasteiger partial charge in [0.25, 0.3) is 5.16 Å². The van der Waals surface area contributed by atoms with E-state index in [4.69, 9.17) is 14.2 Å². The maximum atomic E-state index is 11.6. The number of hydrogen-bond donors (Lipinski definition) is 0. The molecule has 0 amide bonds.